The van der Waals surface area contributed by atoms with Crippen molar-refractivity contribution in [3.8, 4) is 33.8 Å². The molecule has 3 heterocycles. The monoisotopic (exact) mass is 483 g/mol. The first-order valence-electron chi connectivity index (χ1n) is 12.6. The Bertz CT molecular complexity index is 1570. The van der Waals surface area contributed by atoms with Gasteiger partial charge in [0.05, 0.1) is 17.1 Å². The van der Waals surface area contributed by atoms with Gasteiger partial charge >= 0.3 is 7.12 Å². The van der Waals surface area contributed by atoms with Crippen molar-refractivity contribution in [1.29, 1.82) is 0 Å². The molecular weight excluding hydrogens is 455 g/mol. The van der Waals surface area contributed by atoms with Crippen molar-refractivity contribution in [2.75, 3.05) is 0 Å². The summed E-state index contributed by atoms with van der Waals surface area (Å²) in [6, 6.07) is 37.4. The Morgan fingerprint density at radius 3 is 1.38 bits per heavy atom. The lowest BCUT2D eigenvalue weighted by molar-refractivity contribution is 0.751. The van der Waals surface area contributed by atoms with Crippen molar-refractivity contribution in [2.24, 2.45) is 0 Å². The fourth-order valence-electron chi connectivity index (χ4n) is 5.08. The number of aryl methyl sites for hydroxylation is 3. The molecule has 3 aromatic carbocycles. The van der Waals surface area contributed by atoms with Crippen molar-refractivity contribution in [3.05, 3.63) is 126 Å². The smallest absolute Gasteiger partial charge is 0.327 e. The van der Waals surface area contributed by atoms with Gasteiger partial charge in [0, 0.05) is 16.8 Å². The van der Waals surface area contributed by atoms with E-state index >= 15 is 0 Å². The number of hydrogen-bond acceptors (Lipinski definition) is 3. The summed E-state index contributed by atoms with van der Waals surface area (Å²) in [6.45, 7) is 6.25. The summed E-state index contributed by atoms with van der Waals surface area (Å²) in [5.41, 5.74) is 9.28. The summed E-state index contributed by atoms with van der Waals surface area (Å²) in [4.78, 5) is 0. The molecule has 0 fully saturated rings. The first-order valence-corrected chi connectivity index (χ1v) is 12.6. The first kappa shape index (κ1) is 22.8. The highest BCUT2D eigenvalue weighted by atomic mass is 15.5. The molecule has 0 aliphatic rings. The topological polar surface area (TPSA) is 53.5 Å². The van der Waals surface area contributed by atoms with Crippen molar-refractivity contribution >= 4 is 7.12 Å². The zero-order chi connectivity index (χ0) is 25.4. The van der Waals surface area contributed by atoms with Gasteiger partial charge in [-0.2, -0.15) is 0 Å². The van der Waals surface area contributed by atoms with E-state index in [0.29, 0.717) is 0 Å². The quantitative estimate of drug-likeness (QED) is 0.279. The maximum absolute atomic E-state index is 5.13. The number of hydrogen-bond donors (Lipinski definition) is 0. The summed E-state index contributed by atoms with van der Waals surface area (Å²) in [6.07, 6.45) is 0. The van der Waals surface area contributed by atoms with Crippen LogP contribution >= 0.6 is 0 Å². The highest BCUT2D eigenvalue weighted by Crippen LogP contribution is 2.26. The first-order chi connectivity index (χ1) is 18.1. The fourth-order valence-corrected chi connectivity index (χ4v) is 5.08. The highest BCUT2D eigenvalue weighted by molar-refractivity contribution is 6.53. The van der Waals surface area contributed by atoms with Gasteiger partial charge in [0.2, 0.25) is 0 Å². The summed E-state index contributed by atoms with van der Waals surface area (Å²) in [5, 5.41) is 15.3. The predicted octanol–water partition coefficient (Wildman–Crippen LogP) is 5.86. The molecule has 6 rings (SSSR count). The Kier molecular flexibility index (Phi) is 5.81. The second-order valence-electron chi connectivity index (χ2n) is 9.53. The second-order valence-corrected chi connectivity index (χ2v) is 9.53. The van der Waals surface area contributed by atoms with Crippen LogP contribution in [0.3, 0.4) is 0 Å². The summed E-state index contributed by atoms with van der Waals surface area (Å²) in [5.74, 6) is 0. The minimum Gasteiger partial charge on any atom is -0.400 e. The Morgan fingerprint density at radius 2 is 0.919 bits per heavy atom. The van der Waals surface area contributed by atoms with Crippen molar-refractivity contribution in [2.45, 2.75) is 20.8 Å². The SMILES string of the molecule is Cc1cc(-c2ccccc2)n([BH-](n2nc(-c3ccccc3)cc2C)n2nc(-c3ccccc3)cc2C)n1. The summed E-state index contributed by atoms with van der Waals surface area (Å²) >= 11 is 0. The third-order valence-corrected chi connectivity index (χ3v) is 6.88. The zero-order valence-electron chi connectivity index (χ0n) is 21.3. The highest BCUT2D eigenvalue weighted by Gasteiger charge is 2.22. The van der Waals surface area contributed by atoms with Crippen LogP contribution in [0.5, 0.6) is 0 Å². The van der Waals surface area contributed by atoms with E-state index in [1.807, 2.05) is 49.4 Å². The molecule has 6 aromatic rings. The van der Waals surface area contributed by atoms with Gasteiger partial charge in [0.1, 0.15) is 0 Å². The molecule has 182 valence electrons. The molecule has 3 aromatic heterocycles. The van der Waals surface area contributed by atoms with E-state index in [0.717, 1.165) is 50.9 Å². The molecule has 0 N–H and O–H groups in total. The van der Waals surface area contributed by atoms with Crippen LogP contribution in [0.4, 0.5) is 0 Å². The van der Waals surface area contributed by atoms with Crippen LogP contribution in [-0.4, -0.2) is 36.2 Å². The number of aromatic nitrogens is 6. The minimum absolute atomic E-state index is 0.939. The molecule has 0 atom stereocenters. The van der Waals surface area contributed by atoms with Gasteiger partial charge in [-0.05, 0) is 55.9 Å². The molecule has 0 aliphatic heterocycles. The van der Waals surface area contributed by atoms with E-state index in [2.05, 4.69) is 94.4 Å². The molecular formula is C30H28BN6-. The standard InChI is InChI=1S/C30H28BN6/c1-22-19-30(27-17-11-6-12-18-27)37(32-22)31(35-23(2)20-28(33-35)25-13-7-4-8-14-25)36-24(3)21-29(34-36)26-15-9-5-10-16-26/h4-21,31H,1-3H3/q-1. The van der Waals surface area contributed by atoms with Crippen LogP contribution in [0.1, 0.15) is 17.1 Å². The molecule has 0 radical (unpaired) electrons. The van der Waals surface area contributed by atoms with Crippen molar-refractivity contribution < 1.29 is 0 Å². The molecule has 0 aliphatic carbocycles. The van der Waals surface area contributed by atoms with Crippen LogP contribution in [0.15, 0.2) is 109 Å². The van der Waals surface area contributed by atoms with Crippen LogP contribution in [0.2, 0.25) is 0 Å². The Morgan fingerprint density at radius 1 is 0.486 bits per heavy atom. The van der Waals surface area contributed by atoms with E-state index in [9.17, 15) is 0 Å². The van der Waals surface area contributed by atoms with E-state index in [-0.39, 0.29) is 0 Å². The van der Waals surface area contributed by atoms with E-state index < -0.39 is 7.12 Å². The van der Waals surface area contributed by atoms with E-state index in [1.165, 1.54) is 0 Å². The van der Waals surface area contributed by atoms with Crippen LogP contribution in [0.25, 0.3) is 33.8 Å². The molecule has 0 amide bonds. The molecule has 6 nitrogen and oxygen atoms in total. The van der Waals surface area contributed by atoms with Gasteiger partial charge in [-0.1, -0.05) is 91.0 Å². The molecule has 0 saturated heterocycles. The fraction of sp³-hybridized carbons (Fsp3) is 0.100. The van der Waals surface area contributed by atoms with Crippen LogP contribution in [-0.2, 0) is 0 Å². The van der Waals surface area contributed by atoms with Gasteiger partial charge in [0.15, 0.2) is 0 Å². The van der Waals surface area contributed by atoms with E-state index in [1.54, 1.807) is 0 Å². The Labute approximate surface area is 217 Å². The van der Waals surface area contributed by atoms with Gasteiger partial charge in [-0.3, -0.25) is 0 Å². The molecule has 7 heteroatoms. The largest absolute Gasteiger partial charge is 0.400 e. The zero-order valence-corrected chi connectivity index (χ0v) is 21.3. The lowest BCUT2D eigenvalue weighted by Crippen LogP contribution is -2.45. The Balaban J connectivity index is 1.57. The van der Waals surface area contributed by atoms with Crippen molar-refractivity contribution in [3.63, 3.8) is 0 Å². The molecule has 37 heavy (non-hydrogen) atoms. The van der Waals surface area contributed by atoms with Crippen LogP contribution < -0.4 is 0 Å². The van der Waals surface area contributed by atoms with Gasteiger partial charge in [-0.15, -0.1) is 0 Å². The number of benzene rings is 3. The summed E-state index contributed by atoms with van der Waals surface area (Å²) in [7, 11) is -1.59. The maximum atomic E-state index is 5.13. The number of nitrogens with zero attached hydrogens (tertiary/aromatic N) is 6. The normalized spacial score (nSPS) is 11.4. The summed E-state index contributed by atoms with van der Waals surface area (Å²) < 4.78 is 6.33. The van der Waals surface area contributed by atoms with Crippen molar-refractivity contribution in [1.82, 2.24) is 29.1 Å². The van der Waals surface area contributed by atoms with Gasteiger partial charge in [0.25, 0.3) is 0 Å². The lowest BCUT2D eigenvalue weighted by atomic mass is 9.92. The van der Waals surface area contributed by atoms with Gasteiger partial charge in [-0.25, -0.2) is 15.3 Å². The molecule has 0 saturated carbocycles. The third-order valence-electron chi connectivity index (χ3n) is 6.88. The Hall–Kier alpha value is -4.65. The van der Waals surface area contributed by atoms with E-state index in [4.69, 9.17) is 15.3 Å². The minimum atomic E-state index is -1.59. The lowest BCUT2D eigenvalue weighted by Gasteiger charge is -2.31. The van der Waals surface area contributed by atoms with Gasteiger partial charge < -0.3 is 13.8 Å². The molecule has 0 spiro atoms. The third kappa shape index (κ3) is 4.29. The number of rotatable bonds is 6. The molecule has 0 bridgehead atoms. The second kappa shape index (κ2) is 9.43. The maximum Gasteiger partial charge on any atom is 0.327 e. The molecule has 0 unspecified atom stereocenters. The van der Waals surface area contributed by atoms with Crippen LogP contribution in [0, 0.1) is 20.8 Å². The average molecular weight is 483 g/mol. The predicted molar refractivity (Wildman–Crippen MR) is 151 cm³/mol. The average Bonchev–Trinajstić information content (AvgIpc) is 3.63.